The molecule has 0 unspecified atom stereocenters. The van der Waals surface area contributed by atoms with Crippen LogP contribution in [0.5, 0.6) is 5.75 Å². The molecular formula is C17H21N3O2S. The number of thiazole rings is 1. The van der Waals surface area contributed by atoms with E-state index in [1.54, 1.807) is 23.7 Å². The highest BCUT2D eigenvalue weighted by Crippen LogP contribution is 2.36. The monoisotopic (exact) mass is 331 g/mol. The van der Waals surface area contributed by atoms with Crippen LogP contribution in [-0.2, 0) is 11.3 Å². The van der Waals surface area contributed by atoms with Crippen LogP contribution < -0.4 is 4.74 Å². The lowest BCUT2D eigenvalue weighted by Gasteiger charge is -2.39. The van der Waals surface area contributed by atoms with Crippen LogP contribution in [0.2, 0.25) is 0 Å². The Morgan fingerprint density at radius 3 is 3.26 bits per heavy atom. The molecule has 1 spiro atoms. The Morgan fingerprint density at radius 2 is 2.43 bits per heavy atom. The number of nitrogens with zero attached hydrogens (tertiary/aromatic N) is 3. The first-order valence-corrected chi connectivity index (χ1v) is 9.01. The molecule has 2 atom stereocenters. The van der Waals surface area contributed by atoms with Crippen molar-refractivity contribution in [2.24, 2.45) is 0 Å². The first-order chi connectivity index (χ1) is 11.3. The zero-order chi connectivity index (χ0) is 15.5. The third-order valence-corrected chi connectivity index (χ3v) is 5.34. The first-order valence-electron chi connectivity index (χ1n) is 8.13. The number of pyridine rings is 1. The van der Waals surface area contributed by atoms with Crippen LogP contribution >= 0.6 is 11.3 Å². The van der Waals surface area contributed by atoms with Crippen molar-refractivity contribution < 1.29 is 9.47 Å². The lowest BCUT2D eigenvalue weighted by atomic mass is 9.89. The Hall–Kier alpha value is -1.50. The Kier molecular flexibility index (Phi) is 4.29. The molecule has 2 aliphatic heterocycles. The lowest BCUT2D eigenvalue weighted by Crippen LogP contribution is -2.47. The van der Waals surface area contributed by atoms with Crippen LogP contribution in [0, 0.1) is 0 Å². The van der Waals surface area contributed by atoms with Crippen molar-refractivity contribution in [3.8, 4) is 5.75 Å². The Balaban J connectivity index is 1.37. The summed E-state index contributed by atoms with van der Waals surface area (Å²) >= 11 is 1.72. The van der Waals surface area contributed by atoms with E-state index in [0.29, 0.717) is 6.61 Å². The molecule has 0 N–H and O–H groups in total. The number of ether oxygens (including phenoxy) is 2. The van der Waals surface area contributed by atoms with Crippen molar-refractivity contribution in [3.63, 3.8) is 0 Å². The van der Waals surface area contributed by atoms with Crippen LogP contribution in [0.1, 0.15) is 24.3 Å². The maximum Gasteiger partial charge on any atom is 0.138 e. The number of piperidine rings is 1. The number of aromatic nitrogens is 2. The summed E-state index contributed by atoms with van der Waals surface area (Å²) < 4.78 is 12.2. The van der Waals surface area contributed by atoms with Gasteiger partial charge in [0.1, 0.15) is 16.9 Å². The van der Waals surface area contributed by atoms with Gasteiger partial charge in [0, 0.05) is 30.7 Å². The van der Waals surface area contributed by atoms with E-state index in [0.717, 1.165) is 38.2 Å². The second-order valence-electron chi connectivity index (χ2n) is 6.37. The lowest BCUT2D eigenvalue weighted by molar-refractivity contribution is -0.0538. The van der Waals surface area contributed by atoms with Gasteiger partial charge in [-0.1, -0.05) is 0 Å². The highest BCUT2D eigenvalue weighted by molar-refractivity contribution is 7.09. The van der Waals surface area contributed by atoms with Crippen LogP contribution in [0.4, 0.5) is 0 Å². The summed E-state index contributed by atoms with van der Waals surface area (Å²) in [6, 6.07) is 3.85. The van der Waals surface area contributed by atoms with Gasteiger partial charge in [-0.15, -0.1) is 11.3 Å². The van der Waals surface area contributed by atoms with Gasteiger partial charge in [-0.3, -0.25) is 9.88 Å². The minimum Gasteiger partial charge on any atom is -0.486 e. The number of hydrogen-bond acceptors (Lipinski definition) is 6. The Morgan fingerprint density at radius 1 is 1.43 bits per heavy atom. The highest BCUT2D eigenvalue weighted by Gasteiger charge is 2.44. The third kappa shape index (κ3) is 3.54. The molecule has 23 heavy (non-hydrogen) atoms. The fourth-order valence-electron chi connectivity index (χ4n) is 3.62. The van der Waals surface area contributed by atoms with E-state index in [-0.39, 0.29) is 11.7 Å². The summed E-state index contributed by atoms with van der Waals surface area (Å²) in [5, 5.41) is 3.22. The van der Waals surface area contributed by atoms with Crippen LogP contribution in [0.3, 0.4) is 0 Å². The molecule has 0 aliphatic carbocycles. The van der Waals surface area contributed by atoms with Crippen LogP contribution in [0.15, 0.2) is 36.1 Å². The van der Waals surface area contributed by atoms with Crippen molar-refractivity contribution in [1.82, 2.24) is 14.9 Å². The molecule has 2 aromatic rings. The molecule has 2 aromatic heterocycles. The van der Waals surface area contributed by atoms with E-state index >= 15 is 0 Å². The molecule has 2 saturated heterocycles. The smallest absolute Gasteiger partial charge is 0.138 e. The fraction of sp³-hybridized carbons (Fsp3) is 0.529. The predicted molar refractivity (Wildman–Crippen MR) is 88.6 cm³/mol. The molecular weight excluding hydrogens is 310 g/mol. The molecule has 4 heterocycles. The first kappa shape index (κ1) is 15.1. The summed E-state index contributed by atoms with van der Waals surface area (Å²) in [5.41, 5.74) is -0.0532. The molecule has 6 heteroatoms. The van der Waals surface area contributed by atoms with E-state index in [9.17, 15) is 0 Å². The molecule has 0 bridgehead atoms. The van der Waals surface area contributed by atoms with Crippen molar-refractivity contribution in [2.75, 3.05) is 19.7 Å². The molecule has 2 fully saturated rings. The van der Waals surface area contributed by atoms with E-state index in [4.69, 9.17) is 9.47 Å². The summed E-state index contributed by atoms with van der Waals surface area (Å²) in [5.74, 6) is 0.827. The van der Waals surface area contributed by atoms with Gasteiger partial charge in [-0.25, -0.2) is 4.98 Å². The number of rotatable bonds is 4. The van der Waals surface area contributed by atoms with Gasteiger partial charge < -0.3 is 9.47 Å². The second-order valence-corrected chi connectivity index (χ2v) is 7.35. The van der Waals surface area contributed by atoms with E-state index in [1.165, 1.54) is 11.4 Å². The Labute approximate surface area is 140 Å². The molecule has 5 nitrogen and oxygen atoms in total. The van der Waals surface area contributed by atoms with Crippen molar-refractivity contribution in [2.45, 2.75) is 37.5 Å². The summed E-state index contributed by atoms with van der Waals surface area (Å²) in [4.78, 5) is 11.0. The molecule has 0 amide bonds. The van der Waals surface area contributed by atoms with E-state index in [1.807, 2.05) is 23.7 Å². The summed E-state index contributed by atoms with van der Waals surface area (Å²) in [6.45, 7) is 3.69. The SMILES string of the molecule is c1cncc(O[C@H]2CO[C@@]3(CCCN(Cc4nccs4)C3)C2)c1. The normalized spacial score (nSPS) is 28.3. The zero-order valence-electron chi connectivity index (χ0n) is 13.1. The van der Waals surface area contributed by atoms with Gasteiger partial charge in [0.2, 0.25) is 0 Å². The van der Waals surface area contributed by atoms with Gasteiger partial charge >= 0.3 is 0 Å². The summed E-state index contributed by atoms with van der Waals surface area (Å²) in [6.07, 6.45) is 8.77. The van der Waals surface area contributed by atoms with Crippen molar-refractivity contribution in [1.29, 1.82) is 0 Å². The summed E-state index contributed by atoms with van der Waals surface area (Å²) in [7, 11) is 0. The van der Waals surface area contributed by atoms with Crippen LogP contribution in [-0.4, -0.2) is 46.3 Å². The maximum atomic E-state index is 6.21. The molecule has 0 saturated carbocycles. The molecule has 4 rings (SSSR count). The third-order valence-electron chi connectivity index (χ3n) is 4.57. The Bertz CT molecular complexity index is 622. The predicted octanol–water partition coefficient (Wildman–Crippen LogP) is 2.74. The van der Waals surface area contributed by atoms with Gasteiger partial charge in [0.15, 0.2) is 0 Å². The van der Waals surface area contributed by atoms with Crippen LogP contribution in [0.25, 0.3) is 0 Å². The van der Waals surface area contributed by atoms with Crippen molar-refractivity contribution >= 4 is 11.3 Å². The molecule has 0 radical (unpaired) electrons. The largest absolute Gasteiger partial charge is 0.486 e. The van der Waals surface area contributed by atoms with Gasteiger partial charge in [0.25, 0.3) is 0 Å². The molecule has 2 aliphatic rings. The number of hydrogen-bond donors (Lipinski definition) is 0. The van der Waals surface area contributed by atoms with Gasteiger partial charge in [0.05, 0.1) is 24.9 Å². The second kappa shape index (κ2) is 6.55. The number of likely N-dealkylation sites (tertiary alicyclic amines) is 1. The van der Waals surface area contributed by atoms with E-state index in [2.05, 4.69) is 14.9 Å². The molecule has 0 aromatic carbocycles. The fourth-order valence-corrected chi connectivity index (χ4v) is 4.28. The van der Waals surface area contributed by atoms with Crippen molar-refractivity contribution in [3.05, 3.63) is 41.1 Å². The minimum atomic E-state index is -0.0532. The zero-order valence-corrected chi connectivity index (χ0v) is 13.9. The average Bonchev–Trinajstić information content (AvgIpc) is 3.19. The maximum absolute atomic E-state index is 6.21. The highest BCUT2D eigenvalue weighted by atomic mass is 32.1. The van der Waals surface area contributed by atoms with Gasteiger partial charge in [-0.05, 0) is 31.5 Å². The van der Waals surface area contributed by atoms with Gasteiger partial charge in [-0.2, -0.15) is 0 Å². The standard InChI is InChI=1S/C17H21N3O2S/c1-3-14(10-18-5-1)22-15-9-17(21-12-15)4-2-7-20(13-17)11-16-19-6-8-23-16/h1,3,5-6,8,10,15H,2,4,7,9,11-13H2/t15-,17+/m1/s1. The molecule has 122 valence electrons. The van der Waals surface area contributed by atoms with E-state index < -0.39 is 0 Å². The average molecular weight is 331 g/mol. The minimum absolute atomic E-state index is 0.0532. The topological polar surface area (TPSA) is 47.5 Å². The quantitative estimate of drug-likeness (QED) is 0.862.